The van der Waals surface area contributed by atoms with Gasteiger partial charge in [-0.15, -0.1) is 0 Å². The number of benzene rings is 1. The molecule has 1 aromatic rings. The van der Waals surface area contributed by atoms with Crippen LogP contribution in [0.25, 0.3) is 0 Å². The van der Waals surface area contributed by atoms with E-state index in [0.717, 1.165) is 30.6 Å². The number of carbonyl (C=O) groups is 1. The zero-order valence-electron chi connectivity index (χ0n) is 12.6. The molecule has 21 heavy (non-hydrogen) atoms. The van der Waals surface area contributed by atoms with Crippen molar-refractivity contribution in [3.05, 3.63) is 35.4 Å². The highest BCUT2D eigenvalue weighted by atomic mass is 16.2. The summed E-state index contributed by atoms with van der Waals surface area (Å²) in [4.78, 5) is 14.5. The molecule has 1 N–H and O–H groups in total. The molecule has 1 aliphatic carbocycles. The predicted molar refractivity (Wildman–Crippen MR) is 83.9 cm³/mol. The van der Waals surface area contributed by atoms with Crippen LogP contribution in [0.2, 0.25) is 0 Å². The highest BCUT2D eigenvalue weighted by Crippen LogP contribution is 2.30. The van der Waals surface area contributed by atoms with Gasteiger partial charge in [-0.1, -0.05) is 18.8 Å². The quantitative estimate of drug-likeness (QED) is 0.816. The van der Waals surface area contributed by atoms with E-state index >= 15 is 0 Å². The van der Waals surface area contributed by atoms with Crippen LogP contribution < -0.4 is 0 Å². The number of nitrogens with zero attached hydrogens (tertiary/aromatic N) is 1. The van der Waals surface area contributed by atoms with Crippen LogP contribution in [0.4, 0.5) is 0 Å². The lowest BCUT2D eigenvalue weighted by Gasteiger charge is -2.22. The molecule has 0 bridgehead atoms. The van der Waals surface area contributed by atoms with Crippen LogP contribution in [0.1, 0.15) is 48.5 Å². The molecule has 2 rings (SSSR count). The van der Waals surface area contributed by atoms with Gasteiger partial charge in [-0.3, -0.25) is 4.79 Å². The van der Waals surface area contributed by atoms with Crippen molar-refractivity contribution >= 4 is 5.91 Å². The number of rotatable bonds is 6. The van der Waals surface area contributed by atoms with Crippen LogP contribution in [0, 0.1) is 17.8 Å². The van der Waals surface area contributed by atoms with Gasteiger partial charge in [-0.2, -0.15) is 0 Å². The number of hydrogen-bond donors (Lipinski definition) is 1. The third kappa shape index (κ3) is 4.91. The molecule has 0 aromatic heterocycles. The van der Waals surface area contributed by atoms with Gasteiger partial charge in [-0.05, 0) is 49.4 Å². The van der Waals surface area contributed by atoms with E-state index in [0.29, 0.717) is 12.3 Å². The predicted octanol–water partition coefficient (Wildman–Crippen LogP) is 2.68. The SMILES string of the molecule is CCCN(CC1CC1)C(=O)c1ccc(C#CCCO)cc1. The molecular formula is C18H23NO2. The van der Waals surface area contributed by atoms with Crippen LogP contribution in [0.15, 0.2) is 24.3 Å². The summed E-state index contributed by atoms with van der Waals surface area (Å²) in [6, 6.07) is 7.44. The summed E-state index contributed by atoms with van der Waals surface area (Å²) < 4.78 is 0. The number of aliphatic hydroxyl groups excluding tert-OH is 1. The van der Waals surface area contributed by atoms with E-state index in [9.17, 15) is 4.79 Å². The monoisotopic (exact) mass is 285 g/mol. The molecule has 0 atom stereocenters. The summed E-state index contributed by atoms with van der Waals surface area (Å²) in [5, 5.41) is 8.70. The first-order valence-electron chi connectivity index (χ1n) is 7.73. The molecule has 0 heterocycles. The molecule has 0 unspecified atom stereocenters. The van der Waals surface area contributed by atoms with Crippen molar-refractivity contribution in [1.82, 2.24) is 4.90 Å². The van der Waals surface area contributed by atoms with Crippen LogP contribution in [0.3, 0.4) is 0 Å². The standard InChI is InChI=1S/C18H23NO2/c1-2-12-19(14-16-6-7-16)18(21)17-10-8-15(9-11-17)5-3-4-13-20/h8-11,16,20H,2,4,6-7,12-14H2,1H3. The Kier molecular flexibility index (Phi) is 5.83. The Morgan fingerprint density at radius 2 is 2.05 bits per heavy atom. The van der Waals surface area contributed by atoms with Crippen LogP contribution in [0.5, 0.6) is 0 Å². The van der Waals surface area contributed by atoms with Gasteiger partial charge in [0.05, 0.1) is 6.61 Å². The lowest BCUT2D eigenvalue weighted by Crippen LogP contribution is -2.33. The van der Waals surface area contributed by atoms with E-state index in [1.54, 1.807) is 0 Å². The van der Waals surface area contributed by atoms with Gasteiger partial charge in [0.15, 0.2) is 0 Å². The topological polar surface area (TPSA) is 40.5 Å². The van der Waals surface area contributed by atoms with Crippen molar-refractivity contribution in [1.29, 1.82) is 0 Å². The minimum absolute atomic E-state index is 0.0801. The molecule has 112 valence electrons. The highest BCUT2D eigenvalue weighted by Gasteiger charge is 2.26. The van der Waals surface area contributed by atoms with Crippen molar-refractivity contribution in [3.63, 3.8) is 0 Å². The average molecular weight is 285 g/mol. The van der Waals surface area contributed by atoms with Gasteiger partial charge in [0, 0.05) is 30.6 Å². The molecule has 1 aromatic carbocycles. The molecular weight excluding hydrogens is 262 g/mol. The van der Waals surface area contributed by atoms with Crippen molar-refractivity contribution in [2.24, 2.45) is 5.92 Å². The van der Waals surface area contributed by atoms with Crippen LogP contribution in [-0.4, -0.2) is 35.6 Å². The lowest BCUT2D eigenvalue weighted by atomic mass is 10.1. The van der Waals surface area contributed by atoms with E-state index in [2.05, 4.69) is 18.8 Å². The zero-order valence-corrected chi connectivity index (χ0v) is 12.6. The van der Waals surface area contributed by atoms with E-state index in [-0.39, 0.29) is 12.5 Å². The number of hydrogen-bond acceptors (Lipinski definition) is 2. The Bertz CT molecular complexity index is 520. The van der Waals surface area contributed by atoms with Crippen molar-refractivity contribution in [3.8, 4) is 11.8 Å². The van der Waals surface area contributed by atoms with Crippen LogP contribution >= 0.6 is 0 Å². The lowest BCUT2D eigenvalue weighted by molar-refractivity contribution is 0.0747. The summed E-state index contributed by atoms with van der Waals surface area (Å²) in [5.74, 6) is 6.69. The van der Waals surface area contributed by atoms with E-state index < -0.39 is 0 Å². The average Bonchev–Trinajstić information content (AvgIpc) is 3.31. The number of amides is 1. The van der Waals surface area contributed by atoms with E-state index in [1.807, 2.05) is 29.2 Å². The second-order valence-electron chi connectivity index (χ2n) is 5.55. The van der Waals surface area contributed by atoms with Gasteiger partial charge in [0.25, 0.3) is 5.91 Å². The molecule has 3 nitrogen and oxygen atoms in total. The number of carbonyl (C=O) groups excluding carboxylic acids is 1. The molecule has 0 radical (unpaired) electrons. The fourth-order valence-electron chi connectivity index (χ4n) is 2.26. The summed E-state index contributed by atoms with van der Waals surface area (Å²) in [5.41, 5.74) is 1.61. The van der Waals surface area contributed by atoms with Crippen molar-refractivity contribution < 1.29 is 9.90 Å². The minimum Gasteiger partial charge on any atom is -0.395 e. The second-order valence-corrected chi connectivity index (χ2v) is 5.55. The smallest absolute Gasteiger partial charge is 0.253 e. The zero-order chi connectivity index (χ0) is 15.1. The molecule has 3 heteroatoms. The highest BCUT2D eigenvalue weighted by molar-refractivity contribution is 5.94. The second kappa shape index (κ2) is 7.85. The molecule has 0 spiro atoms. The maximum Gasteiger partial charge on any atom is 0.253 e. The summed E-state index contributed by atoms with van der Waals surface area (Å²) in [6.07, 6.45) is 3.98. The Hall–Kier alpha value is -1.79. The largest absolute Gasteiger partial charge is 0.395 e. The molecule has 1 aliphatic rings. The molecule has 1 amide bonds. The van der Waals surface area contributed by atoms with E-state index in [1.165, 1.54) is 12.8 Å². The molecule has 1 fully saturated rings. The molecule has 0 saturated heterocycles. The van der Waals surface area contributed by atoms with Gasteiger partial charge < -0.3 is 10.0 Å². The first-order chi connectivity index (χ1) is 10.2. The molecule has 1 saturated carbocycles. The summed E-state index contributed by atoms with van der Waals surface area (Å²) in [7, 11) is 0. The maximum atomic E-state index is 12.5. The van der Waals surface area contributed by atoms with Crippen LogP contribution in [-0.2, 0) is 0 Å². The van der Waals surface area contributed by atoms with Crippen molar-refractivity contribution in [2.45, 2.75) is 32.6 Å². The summed E-state index contributed by atoms with van der Waals surface area (Å²) in [6.45, 7) is 3.90. The maximum absolute atomic E-state index is 12.5. The Morgan fingerprint density at radius 3 is 2.62 bits per heavy atom. The minimum atomic E-state index is 0.0801. The fraction of sp³-hybridized carbons (Fsp3) is 0.500. The van der Waals surface area contributed by atoms with Crippen molar-refractivity contribution in [2.75, 3.05) is 19.7 Å². The third-order valence-electron chi connectivity index (χ3n) is 3.56. The van der Waals surface area contributed by atoms with E-state index in [4.69, 9.17) is 5.11 Å². The third-order valence-corrected chi connectivity index (χ3v) is 3.56. The van der Waals surface area contributed by atoms with Gasteiger partial charge in [0.2, 0.25) is 0 Å². The fourth-order valence-corrected chi connectivity index (χ4v) is 2.26. The first kappa shape index (κ1) is 15.6. The Morgan fingerprint density at radius 1 is 1.33 bits per heavy atom. The van der Waals surface area contributed by atoms with Gasteiger partial charge >= 0.3 is 0 Å². The first-order valence-corrected chi connectivity index (χ1v) is 7.73. The van der Waals surface area contributed by atoms with Gasteiger partial charge in [-0.25, -0.2) is 0 Å². The number of aliphatic hydroxyl groups is 1. The summed E-state index contributed by atoms with van der Waals surface area (Å²) >= 11 is 0. The molecule has 0 aliphatic heterocycles. The Balaban J connectivity index is 2.01. The Labute approximate surface area is 127 Å². The van der Waals surface area contributed by atoms with Gasteiger partial charge in [0.1, 0.15) is 0 Å². The normalized spacial score (nSPS) is 13.4.